The minimum atomic E-state index is 0.431. The average Bonchev–Trinajstić information content (AvgIpc) is 2.69. The van der Waals surface area contributed by atoms with Crippen LogP contribution >= 0.6 is 0 Å². The van der Waals surface area contributed by atoms with Gasteiger partial charge in [0.05, 0.1) is 0 Å². The Morgan fingerprint density at radius 3 is 3.00 bits per heavy atom. The van der Waals surface area contributed by atoms with Gasteiger partial charge >= 0.3 is 0 Å². The number of rotatable bonds is 3. The average molecular weight is 197 g/mol. The van der Waals surface area contributed by atoms with Crippen LogP contribution in [0.2, 0.25) is 0 Å². The first-order chi connectivity index (χ1) is 6.79. The van der Waals surface area contributed by atoms with Crippen LogP contribution in [-0.4, -0.2) is 25.3 Å². The van der Waals surface area contributed by atoms with Crippen LogP contribution in [0.5, 0.6) is 0 Å². The third-order valence-electron chi connectivity index (χ3n) is 3.84. The molecule has 2 aliphatic heterocycles. The molecule has 2 fully saturated rings. The van der Waals surface area contributed by atoms with Crippen molar-refractivity contribution in [2.45, 2.75) is 51.0 Å². The summed E-state index contributed by atoms with van der Waals surface area (Å²) in [6.45, 7) is 5.62. The number of ether oxygens (including phenoxy) is 1. The van der Waals surface area contributed by atoms with Crippen LogP contribution in [-0.2, 0) is 4.74 Å². The molecule has 1 N–H and O–H groups in total. The molecule has 0 aromatic heterocycles. The second-order valence-corrected chi connectivity index (χ2v) is 5.21. The van der Waals surface area contributed by atoms with Crippen molar-refractivity contribution in [2.75, 3.05) is 19.8 Å². The van der Waals surface area contributed by atoms with E-state index in [2.05, 4.69) is 12.2 Å². The van der Waals surface area contributed by atoms with E-state index >= 15 is 0 Å². The SMILES string of the molecule is CC1(CCC2CCOC2)CCCCN1. The lowest BCUT2D eigenvalue weighted by molar-refractivity contribution is 0.177. The van der Waals surface area contributed by atoms with E-state index in [4.69, 9.17) is 4.74 Å². The van der Waals surface area contributed by atoms with Gasteiger partial charge < -0.3 is 10.1 Å². The van der Waals surface area contributed by atoms with E-state index in [1.54, 1.807) is 0 Å². The molecule has 2 atom stereocenters. The van der Waals surface area contributed by atoms with Crippen LogP contribution in [0, 0.1) is 5.92 Å². The van der Waals surface area contributed by atoms with Crippen LogP contribution in [0.25, 0.3) is 0 Å². The minimum Gasteiger partial charge on any atom is -0.381 e. The van der Waals surface area contributed by atoms with E-state index in [-0.39, 0.29) is 0 Å². The van der Waals surface area contributed by atoms with Crippen molar-refractivity contribution in [3.8, 4) is 0 Å². The van der Waals surface area contributed by atoms with Crippen LogP contribution in [0.15, 0.2) is 0 Å². The van der Waals surface area contributed by atoms with E-state index in [1.165, 1.54) is 45.1 Å². The summed E-state index contributed by atoms with van der Waals surface area (Å²) in [5.74, 6) is 0.843. The maximum absolute atomic E-state index is 5.41. The number of nitrogens with one attached hydrogen (secondary N) is 1. The van der Waals surface area contributed by atoms with Crippen molar-refractivity contribution in [2.24, 2.45) is 5.92 Å². The summed E-state index contributed by atoms with van der Waals surface area (Å²) in [6, 6.07) is 0. The Hall–Kier alpha value is -0.0800. The molecule has 2 nitrogen and oxygen atoms in total. The second-order valence-electron chi connectivity index (χ2n) is 5.21. The third-order valence-corrected chi connectivity index (χ3v) is 3.84. The Balaban J connectivity index is 1.72. The molecule has 0 saturated carbocycles. The van der Waals surface area contributed by atoms with E-state index in [0.717, 1.165) is 19.1 Å². The Bertz CT molecular complexity index is 169. The van der Waals surface area contributed by atoms with Gasteiger partial charge in [0, 0.05) is 18.8 Å². The fourth-order valence-electron chi connectivity index (χ4n) is 2.67. The molecular weight excluding hydrogens is 174 g/mol. The first-order valence-electron chi connectivity index (χ1n) is 6.11. The molecule has 2 rings (SSSR count). The van der Waals surface area contributed by atoms with Crippen molar-refractivity contribution < 1.29 is 4.74 Å². The molecule has 0 amide bonds. The molecule has 2 heterocycles. The van der Waals surface area contributed by atoms with Crippen molar-refractivity contribution in [1.29, 1.82) is 0 Å². The largest absolute Gasteiger partial charge is 0.381 e. The molecular formula is C12H23NO. The van der Waals surface area contributed by atoms with Crippen molar-refractivity contribution in [3.05, 3.63) is 0 Å². The zero-order valence-corrected chi connectivity index (χ0v) is 9.35. The smallest absolute Gasteiger partial charge is 0.0495 e. The Kier molecular flexibility index (Phi) is 3.45. The van der Waals surface area contributed by atoms with Crippen molar-refractivity contribution in [3.63, 3.8) is 0 Å². The van der Waals surface area contributed by atoms with Crippen LogP contribution in [0.1, 0.15) is 45.4 Å². The van der Waals surface area contributed by atoms with E-state index in [0.29, 0.717) is 5.54 Å². The molecule has 2 aliphatic rings. The molecule has 0 aliphatic carbocycles. The third kappa shape index (κ3) is 2.71. The number of piperidine rings is 1. The maximum Gasteiger partial charge on any atom is 0.0495 e. The quantitative estimate of drug-likeness (QED) is 0.750. The predicted octanol–water partition coefficient (Wildman–Crippen LogP) is 2.34. The molecule has 2 heteroatoms. The summed E-state index contributed by atoms with van der Waals surface area (Å²) in [6.07, 6.45) is 8.11. The summed E-state index contributed by atoms with van der Waals surface area (Å²) in [4.78, 5) is 0. The van der Waals surface area contributed by atoms with Gasteiger partial charge in [0.1, 0.15) is 0 Å². The van der Waals surface area contributed by atoms with Crippen LogP contribution < -0.4 is 5.32 Å². The predicted molar refractivity (Wildman–Crippen MR) is 58.4 cm³/mol. The van der Waals surface area contributed by atoms with Gasteiger partial charge in [-0.3, -0.25) is 0 Å². The summed E-state index contributed by atoms with van der Waals surface area (Å²) in [7, 11) is 0. The fraction of sp³-hybridized carbons (Fsp3) is 1.00. The molecule has 0 spiro atoms. The molecule has 2 unspecified atom stereocenters. The molecule has 2 saturated heterocycles. The summed E-state index contributed by atoms with van der Waals surface area (Å²) >= 11 is 0. The van der Waals surface area contributed by atoms with Gasteiger partial charge in [0.2, 0.25) is 0 Å². The standard InChI is InChI=1S/C12H23NO/c1-12(6-2-3-8-13-12)7-4-11-5-9-14-10-11/h11,13H,2-10H2,1H3. The highest BCUT2D eigenvalue weighted by molar-refractivity contribution is 4.87. The molecule has 0 aromatic carbocycles. The van der Waals surface area contributed by atoms with E-state index in [1.807, 2.05) is 0 Å². The molecule has 0 radical (unpaired) electrons. The topological polar surface area (TPSA) is 21.3 Å². The van der Waals surface area contributed by atoms with Gasteiger partial charge in [-0.15, -0.1) is 0 Å². The van der Waals surface area contributed by atoms with Gasteiger partial charge in [-0.1, -0.05) is 6.42 Å². The Morgan fingerprint density at radius 2 is 2.36 bits per heavy atom. The zero-order valence-electron chi connectivity index (χ0n) is 9.35. The lowest BCUT2D eigenvalue weighted by Crippen LogP contribution is -2.46. The van der Waals surface area contributed by atoms with Crippen LogP contribution in [0.3, 0.4) is 0 Å². The first kappa shape index (κ1) is 10.4. The van der Waals surface area contributed by atoms with Gasteiger partial charge in [0.25, 0.3) is 0 Å². The lowest BCUT2D eigenvalue weighted by Gasteiger charge is -2.35. The van der Waals surface area contributed by atoms with Crippen LogP contribution in [0.4, 0.5) is 0 Å². The molecule has 0 bridgehead atoms. The molecule has 82 valence electrons. The minimum absolute atomic E-state index is 0.431. The lowest BCUT2D eigenvalue weighted by atomic mass is 9.84. The highest BCUT2D eigenvalue weighted by Crippen LogP contribution is 2.28. The Morgan fingerprint density at radius 1 is 1.43 bits per heavy atom. The number of hydrogen-bond donors (Lipinski definition) is 1. The van der Waals surface area contributed by atoms with Crippen molar-refractivity contribution in [1.82, 2.24) is 5.32 Å². The maximum atomic E-state index is 5.41. The van der Waals surface area contributed by atoms with Gasteiger partial charge in [-0.25, -0.2) is 0 Å². The summed E-state index contributed by atoms with van der Waals surface area (Å²) < 4.78 is 5.41. The fourth-order valence-corrected chi connectivity index (χ4v) is 2.67. The number of hydrogen-bond acceptors (Lipinski definition) is 2. The Labute approximate surface area is 87.4 Å². The van der Waals surface area contributed by atoms with E-state index in [9.17, 15) is 0 Å². The normalized spacial score (nSPS) is 38.8. The first-order valence-corrected chi connectivity index (χ1v) is 6.11. The zero-order chi connectivity index (χ0) is 9.86. The molecule has 14 heavy (non-hydrogen) atoms. The van der Waals surface area contributed by atoms with Gasteiger partial charge in [-0.05, 0) is 51.5 Å². The monoisotopic (exact) mass is 197 g/mol. The van der Waals surface area contributed by atoms with E-state index < -0.39 is 0 Å². The highest BCUT2D eigenvalue weighted by Gasteiger charge is 2.27. The van der Waals surface area contributed by atoms with Gasteiger partial charge in [-0.2, -0.15) is 0 Å². The summed E-state index contributed by atoms with van der Waals surface area (Å²) in [5.41, 5.74) is 0.431. The second kappa shape index (κ2) is 4.63. The highest BCUT2D eigenvalue weighted by atomic mass is 16.5. The van der Waals surface area contributed by atoms with Crippen molar-refractivity contribution >= 4 is 0 Å². The molecule has 0 aromatic rings. The van der Waals surface area contributed by atoms with Gasteiger partial charge in [0.15, 0.2) is 0 Å². The summed E-state index contributed by atoms with van der Waals surface area (Å²) in [5, 5.41) is 3.68.